The number of fused-ring (bicyclic) bond motifs is 4. The third-order valence-electron chi connectivity index (χ3n) is 5.44. The van der Waals surface area contributed by atoms with Gasteiger partial charge in [0, 0.05) is 43.0 Å². The number of piperazine rings is 1. The van der Waals surface area contributed by atoms with Crippen LogP contribution in [-0.4, -0.2) is 54.3 Å². The van der Waals surface area contributed by atoms with Gasteiger partial charge < -0.3 is 24.1 Å². The highest BCUT2D eigenvalue weighted by atomic mass is 19.4. The molecule has 0 atom stereocenters. The molecule has 5 rings (SSSR count). The van der Waals surface area contributed by atoms with Gasteiger partial charge in [0.1, 0.15) is 11.2 Å². The van der Waals surface area contributed by atoms with Crippen LogP contribution in [0.4, 0.5) is 18.0 Å². The van der Waals surface area contributed by atoms with E-state index in [0.717, 1.165) is 6.07 Å². The van der Waals surface area contributed by atoms with E-state index in [1.807, 2.05) is 0 Å². The Morgan fingerprint density at radius 2 is 1.74 bits per heavy atom. The highest BCUT2D eigenvalue weighted by molar-refractivity contribution is 5.97. The second-order valence-electron chi connectivity index (χ2n) is 7.71. The van der Waals surface area contributed by atoms with Crippen molar-refractivity contribution in [3.8, 4) is 23.0 Å². The first-order valence-corrected chi connectivity index (χ1v) is 10.5. The van der Waals surface area contributed by atoms with Crippen LogP contribution in [0.25, 0.3) is 33.3 Å². The third kappa shape index (κ3) is 4.23. The maximum absolute atomic E-state index is 12.9. The van der Waals surface area contributed by atoms with Crippen LogP contribution in [0.5, 0.6) is 11.5 Å². The van der Waals surface area contributed by atoms with Gasteiger partial charge in [0.15, 0.2) is 22.5 Å². The van der Waals surface area contributed by atoms with Crippen LogP contribution in [0.3, 0.4) is 0 Å². The average Bonchev–Trinajstić information content (AvgIpc) is 2.84. The van der Waals surface area contributed by atoms with Crippen molar-refractivity contribution in [3.63, 3.8) is 0 Å². The fourth-order valence-corrected chi connectivity index (χ4v) is 3.78. The van der Waals surface area contributed by atoms with E-state index in [2.05, 4.69) is 15.0 Å². The number of carbonyl (C=O) groups is 2. The molecule has 1 fully saturated rings. The van der Waals surface area contributed by atoms with Gasteiger partial charge in [-0.2, -0.15) is 13.2 Å². The van der Waals surface area contributed by atoms with Gasteiger partial charge in [0.05, 0.1) is 0 Å². The van der Waals surface area contributed by atoms with Crippen LogP contribution < -0.4 is 20.2 Å². The largest absolute Gasteiger partial charge is 0.491 e. The molecule has 0 aromatic heterocycles. The Morgan fingerprint density at radius 3 is 2.46 bits per heavy atom. The minimum absolute atomic E-state index is 0.0139. The lowest BCUT2D eigenvalue weighted by Crippen LogP contribution is -2.47. The minimum atomic E-state index is -5.29. The van der Waals surface area contributed by atoms with Crippen molar-refractivity contribution in [1.82, 2.24) is 15.2 Å². The average molecular weight is 487 g/mol. The standard InChI is InChI=1S/C23H16F3N3O6/c24-23(25,26)21(31)34-16-6-5-14-19(20(16)35-22(32)29-9-7-27-8-10-29)33-17-11-15(30)12-3-1-2-4-13(12)18(17)28-14/h1-6,11,27H,7-10H2. The summed E-state index contributed by atoms with van der Waals surface area (Å²) >= 11 is 0. The van der Waals surface area contributed by atoms with E-state index in [4.69, 9.17) is 9.15 Å². The third-order valence-corrected chi connectivity index (χ3v) is 5.44. The molecule has 0 saturated carbocycles. The Labute approximate surface area is 194 Å². The number of esters is 1. The minimum Gasteiger partial charge on any atom is -0.449 e. The van der Waals surface area contributed by atoms with Crippen molar-refractivity contribution >= 4 is 33.9 Å². The van der Waals surface area contributed by atoms with Crippen LogP contribution in [0, 0.1) is 0 Å². The molecule has 2 heterocycles. The number of carbonyl (C=O) groups excluding carboxylic acids is 2. The molecule has 0 bridgehead atoms. The number of ether oxygens (including phenoxy) is 2. The van der Waals surface area contributed by atoms with Crippen molar-refractivity contribution < 1.29 is 36.7 Å². The molecular weight excluding hydrogens is 471 g/mol. The smallest absolute Gasteiger partial charge is 0.449 e. The number of benzene rings is 3. The summed E-state index contributed by atoms with van der Waals surface area (Å²) < 4.78 is 54.3. The molecule has 0 radical (unpaired) electrons. The van der Waals surface area contributed by atoms with Gasteiger partial charge in [-0.15, -0.1) is 0 Å². The topological polar surface area (TPSA) is 111 Å². The van der Waals surface area contributed by atoms with E-state index in [1.54, 1.807) is 24.3 Å². The molecule has 0 spiro atoms. The molecule has 0 unspecified atom stereocenters. The first-order valence-electron chi connectivity index (χ1n) is 10.5. The molecule has 180 valence electrons. The summed E-state index contributed by atoms with van der Waals surface area (Å²) in [5, 5.41) is 3.97. The molecule has 12 heteroatoms. The molecule has 1 amide bonds. The number of rotatable bonds is 2. The van der Waals surface area contributed by atoms with Crippen molar-refractivity contribution in [2.45, 2.75) is 6.18 Å². The highest BCUT2D eigenvalue weighted by Gasteiger charge is 2.42. The normalized spacial score (nSPS) is 14.4. The number of nitrogens with zero attached hydrogens (tertiary/aromatic N) is 2. The molecule has 2 aromatic rings. The van der Waals surface area contributed by atoms with E-state index >= 15 is 0 Å². The molecule has 1 N–H and O–H groups in total. The maximum Gasteiger partial charge on any atom is 0.491 e. The Bertz CT molecular complexity index is 1490. The van der Waals surface area contributed by atoms with E-state index in [9.17, 15) is 27.6 Å². The summed E-state index contributed by atoms with van der Waals surface area (Å²) in [7, 11) is 0. The second kappa shape index (κ2) is 8.55. The maximum atomic E-state index is 12.9. The van der Waals surface area contributed by atoms with Gasteiger partial charge in [-0.3, -0.25) is 4.79 Å². The quantitative estimate of drug-likeness (QED) is 0.198. The van der Waals surface area contributed by atoms with Crippen molar-refractivity contribution in [2.24, 2.45) is 0 Å². The summed E-state index contributed by atoms with van der Waals surface area (Å²) in [6.07, 6.45) is -6.16. The van der Waals surface area contributed by atoms with Crippen molar-refractivity contribution in [1.29, 1.82) is 0 Å². The Kier molecular flexibility index (Phi) is 5.52. The van der Waals surface area contributed by atoms with Gasteiger partial charge in [0.25, 0.3) is 0 Å². The summed E-state index contributed by atoms with van der Waals surface area (Å²) in [4.78, 5) is 42.6. The first kappa shape index (κ1) is 22.6. The number of hydrogen-bond donors (Lipinski definition) is 1. The molecule has 9 nitrogen and oxygen atoms in total. The van der Waals surface area contributed by atoms with Crippen LogP contribution in [0.15, 0.2) is 51.7 Å². The molecular formula is C23H16F3N3O6. The van der Waals surface area contributed by atoms with Gasteiger partial charge in [0.2, 0.25) is 5.75 Å². The fourth-order valence-electron chi connectivity index (χ4n) is 3.78. The van der Waals surface area contributed by atoms with Crippen molar-refractivity contribution in [2.75, 3.05) is 26.2 Å². The SMILES string of the molecule is O=C(Oc1c(OC(=O)C(F)(F)F)ccc2nc3c4ccccc4c(=O)cc-3oc12)N1CCNCC1. The molecule has 2 aliphatic heterocycles. The zero-order valence-electron chi connectivity index (χ0n) is 17.8. The Balaban J connectivity index is 1.69. The van der Waals surface area contributed by atoms with Crippen LogP contribution in [-0.2, 0) is 4.79 Å². The summed E-state index contributed by atoms with van der Waals surface area (Å²) in [6.45, 7) is 1.59. The number of aromatic nitrogens is 1. The number of halogens is 3. The number of alkyl halides is 3. The predicted octanol–water partition coefficient (Wildman–Crippen LogP) is 3.32. The van der Waals surface area contributed by atoms with Crippen LogP contribution in [0.2, 0.25) is 0 Å². The Hall–Kier alpha value is -4.19. The number of nitrogens with one attached hydrogen (secondary N) is 1. The van der Waals surface area contributed by atoms with E-state index in [1.165, 1.54) is 17.0 Å². The van der Waals surface area contributed by atoms with E-state index in [0.29, 0.717) is 42.6 Å². The first-order chi connectivity index (χ1) is 16.7. The summed E-state index contributed by atoms with van der Waals surface area (Å²) in [5.41, 5.74) is -0.191. The summed E-state index contributed by atoms with van der Waals surface area (Å²) in [6, 6.07) is 10.2. The Morgan fingerprint density at radius 1 is 1.03 bits per heavy atom. The lowest BCUT2D eigenvalue weighted by atomic mass is 10.0. The lowest BCUT2D eigenvalue weighted by Gasteiger charge is -2.26. The molecule has 1 aliphatic carbocycles. The number of hydrogen-bond acceptors (Lipinski definition) is 8. The van der Waals surface area contributed by atoms with Gasteiger partial charge in [-0.1, -0.05) is 24.3 Å². The van der Waals surface area contributed by atoms with E-state index in [-0.39, 0.29) is 22.3 Å². The molecule has 2 aromatic carbocycles. The molecule has 1 saturated heterocycles. The van der Waals surface area contributed by atoms with Gasteiger partial charge in [-0.05, 0) is 12.1 Å². The highest BCUT2D eigenvalue weighted by Crippen LogP contribution is 2.40. The zero-order chi connectivity index (χ0) is 24.7. The lowest BCUT2D eigenvalue weighted by molar-refractivity contribution is -0.189. The van der Waals surface area contributed by atoms with E-state index < -0.39 is 29.7 Å². The predicted molar refractivity (Wildman–Crippen MR) is 117 cm³/mol. The van der Waals surface area contributed by atoms with Gasteiger partial charge >= 0.3 is 18.2 Å². The monoisotopic (exact) mass is 487 g/mol. The van der Waals surface area contributed by atoms with Crippen molar-refractivity contribution in [3.05, 3.63) is 52.7 Å². The van der Waals surface area contributed by atoms with Gasteiger partial charge in [-0.25, -0.2) is 14.6 Å². The van der Waals surface area contributed by atoms with Crippen LogP contribution >= 0.6 is 0 Å². The summed E-state index contributed by atoms with van der Waals surface area (Å²) in [5.74, 6) is -3.73. The fraction of sp³-hybridized carbons (Fsp3) is 0.217. The molecule has 35 heavy (non-hydrogen) atoms. The zero-order valence-corrected chi connectivity index (χ0v) is 17.8. The number of amides is 1. The second-order valence-corrected chi connectivity index (χ2v) is 7.71. The van der Waals surface area contributed by atoms with Crippen LogP contribution in [0.1, 0.15) is 0 Å². The molecule has 3 aliphatic rings.